The highest BCUT2D eigenvalue weighted by Crippen LogP contribution is 2.31. The molecule has 2 heterocycles. The zero-order valence-electron chi connectivity index (χ0n) is 14.6. The second kappa shape index (κ2) is 6.53. The number of likely N-dealkylation sites (tertiary alicyclic amines) is 1. The maximum Gasteiger partial charge on any atom is 0.322 e. The van der Waals surface area contributed by atoms with Crippen LogP contribution < -0.4 is 10.1 Å². The molecular formula is C19H19ClN4O2. The van der Waals surface area contributed by atoms with Gasteiger partial charge in [0.25, 0.3) is 0 Å². The topological polar surface area (TPSA) is 59.4 Å². The fraction of sp³-hybridized carbons (Fsp3) is 0.263. The first-order valence-corrected chi connectivity index (χ1v) is 8.77. The van der Waals surface area contributed by atoms with E-state index in [4.69, 9.17) is 16.3 Å². The van der Waals surface area contributed by atoms with Gasteiger partial charge in [-0.3, -0.25) is 0 Å². The number of anilines is 1. The first-order valence-electron chi connectivity index (χ1n) is 8.40. The summed E-state index contributed by atoms with van der Waals surface area (Å²) in [6, 6.07) is 13.3. The summed E-state index contributed by atoms with van der Waals surface area (Å²) in [7, 11) is 1.56. The van der Waals surface area contributed by atoms with Gasteiger partial charge < -0.3 is 19.5 Å². The lowest BCUT2D eigenvalue weighted by molar-refractivity contribution is 0.136. The zero-order chi connectivity index (χ0) is 18.3. The Labute approximate surface area is 156 Å². The number of ether oxygens (including phenoxy) is 1. The van der Waals surface area contributed by atoms with Gasteiger partial charge in [-0.25, -0.2) is 9.78 Å². The summed E-state index contributed by atoms with van der Waals surface area (Å²) in [5.74, 6) is 1.55. The predicted molar refractivity (Wildman–Crippen MR) is 102 cm³/mol. The fourth-order valence-electron chi connectivity index (χ4n) is 3.38. The average molecular weight is 371 g/mol. The average Bonchev–Trinajstić information content (AvgIpc) is 2.90. The number of methoxy groups -OCH3 is 1. The minimum atomic E-state index is -0.163. The Morgan fingerprint density at radius 2 is 2.04 bits per heavy atom. The van der Waals surface area contributed by atoms with E-state index in [0.717, 1.165) is 16.9 Å². The molecular weight excluding hydrogens is 352 g/mol. The summed E-state index contributed by atoms with van der Waals surface area (Å²) in [6.45, 7) is 3.27. The number of nitrogens with one attached hydrogen (secondary N) is 1. The van der Waals surface area contributed by atoms with Gasteiger partial charge in [-0.05, 0) is 37.3 Å². The SMILES string of the molecule is COc1ccc(Cl)cc1NC(=O)N1CC(n2c(C)nc3ccccc32)C1. The Morgan fingerprint density at radius 3 is 2.81 bits per heavy atom. The van der Waals surface area contributed by atoms with Gasteiger partial charge in [-0.15, -0.1) is 0 Å². The van der Waals surface area contributed by atoms with Gasteiger partial charge in [0.1, 0.15) is 11.6 Å². The van der Waals surface area contributed by atoms with Crippen LogP contribution in [0.2, 0.25) is 5.02 Å². The summed E-state index contributed by atoms with van der Waals surface area (Å²) in [5, 5.41) is 3.42. The van der Waals surface area contributed by atoms with Gasteiger partial charge in [0.05, 0.1) is 29.9 Å². The van der Waals surface area contributed by atoms with Crippen LogP contribution in [0.3, 0.4) is 0 Å². The van der Waals surface area contributed by atoms with Crippen LogP contribution in [0, 0.1) is 6.92 Å². The molecule has 134 valence electrons. The standard InChI is InChI=1S/C19H19ClN4O2/c1-12-21-15-5-3-4-6-17(15)24(12)14-10-23(11-14)19(25)22-16-9-13(20)7-8-18(16)26-2/h3-9,14H,10-11H2,1-2H3,(H,22,25). The number of benzene rings is 2. The third kappa shape index (κ3) is 2.86. The van der Waals surface area contributed by atoms with E-state index in [-0.39, 0.29) is 12.1 Å². The van der Waals surface area contributed by atoms with Crippen molar-refractivity contribution in [2.45, 2.75) is 13.0 Å². The highest BCUT2D eigenvalue weighted by Gasteiger charge is 2.33. The highest BCUT2D eigenvalue weighted by molar-refractivity contribution is 6.31. The summed E-state index contributed by atoms with van der Waals surface area (Å²) in [6.07, 6.45) is 0. The van der Waals surface area contributed by atoms with Crippen molar-refractivity contribution in [3.8, 4) is 5.75 Å². The van der Waals surface area contributed by atoms with Gasteiger partial charge in [-0.1, -0.05) is 23.7 Å². The van der Waals surface area contributed by atoms with Crippen LogP contribution in [0.15, 0.2) is 42.5 Å². The molecule has 0 atom stereocenters. The lowest BCUT2D eigenvalue weighted by Gasteiger charge is -2.40. The van der Waals surface area contributed by atoms with Crippen molar-refractivity contribution in [3.05, 3.63) is 53.3 Å². The van der Waals surface area contributed by atoms with Gasteiger partial charge in [-0.2, -0.15) is 0 Å². The normalized spacial score (nSPS) is 14.3. The van der Waals surface area contributed by atoms with Crippen molar-refractivity contribution >= 4 is 34.4 Å². The van der Waals surface area contributed by atoms with E-state index in [0.29, 0.717) is 29.5 Å². The number of aryl methyl sites for hydroxylation is 1. The molecule has 2 aromatic carbocycles. The van der Waals surface area contributed by atoms with E-state index in [9.17, 15) is 4.79 Å². The minimum Gasteiger partial charge on any atom is -0.495 e. The molecule has 1 fully saturated rings. The third-order valence-electron chi connectivity index (χ3n) is 4.69. The lowest BCUT2D eigenvalue weighted by Crippen LogP contribution is -2.52. The molecule has 1 N–H and O–H groups in total. The van der Waals surface area contributed by atoms with Crippen molar-refractivity contribution in [2.24, 2.45) is 0 Å². The molecule has 0 bridgehead atoms. The van der Waals surface area contributed by atoms with Gasteiger partial charge in [0, 0.05) is 18.1 Å². The number of urea groups is 1. The maximum atomic E-state index is 12.5. The van der Waals surface area contributed by atoms with E-state index < -0.39 is 0 Å². The van der Waals surface area contributed by atoms with Crippen LogP contribution in [0.5, 0.6) is 5.75 Å². The predicted octanol–water partition coefficient (Wildman–Crippen LogP) is 4.10. The number of carbonyl (C=O) groups is 1. The quantitative estimate of drug-likeness (QED) is 0.755. The van der Waals surface area contributed by atoms with Crippen molar-refractivity contribution in [3.63, 3.8) is 0 Å². The second-order valence-electron chi connectivity index (χ2n) is 6.35. The van der Waals surface area contributed by atoms with E-state index in [1.807, 2.05) is 25.1 Å². The first-order chi connectivity index (χ1) is 12.6. The number of para-hydroxylation sites is 2. The van der Waals surface area contributed by atoms with Crippen molar-refractivity contribution in [2.75, 3.05) is 25.5 Å². The Kier molecular flexibility index (Phi) is 4.20. The summed E-state index contributed by atoms with van der Waals surface area (Å²) >= 11 is 6.02. The van der Waals surface area contributed by atoms with Crippen molar-refractivity contribution < 1.29 is 9.53 Å². The van der Waals surface area contributed by atoms with Crippen molar-refractivity contribution in [1.29, 1.82) is 0 Å². The number of carbonyl (C=O) groups excluding carboxylic acids is 1. The van der Waals surface area contributed by atoms with Crippen LogP contribution in [0.25, 0.3) is 11.0 Å². The largest absolute Gasteiger partial charge is 0.495 e. The van der Waals surface area contributed by atoms with E-state index in [2.05, 4.69) is 20.9 Å². The number of rotatable bonds is 3. The minimum absolute atomic E-state index is 0.163. The van der Waals surface area contributed by atoms with Gasteiger partial charge in [0.15, 0.2) is 0 Å². The maximum absolute atomic E-state index is 12.5. The molecule has 0 spiro atoms. The number of nitrogens with zero attached hydrogens (tertiary/aromatic N) is 3. The summed E-state index contributed by atoms with van der Waals surface area (Å²) < 4.78 is 7.48. The molecule has 0 radical (unpaired) electrons. The number of halogens is 1. The van der Waals surface area contributed by atoms with Crippen LogP contribution >= 0.6 is 11.6 Å². The number of hydrogen-bond donors (Lipinski definition) is 1. The Morgan fingerprint density at radius 1 is 1.27 bits per heavy atom. The smallest absolute Gasteiger partial charge is 0.322 e. The van der Waals surface area contributed by atoms with Crippen LogP contribution in [0.4, 0.5) is 10.5 Å². The molecule has 0 unspecified atom stereocenters. The summed E-state index contributed by atoms with van der Waals surface area (Å²) in [5.41, 5.74) is 2.65. The molecule has 1 aliphatic heterocycles. The Balaban J connectivity index is 1.47. The molecule has 0 aliphatic carbocycles. The molecule has 1 aliphatic rings. The number of amides is 2. The number of fused-ring (bicyclic) bond motifs is 1. The van der Waals surface area contributed by atoms with E-state index in [1.165, 1.54) is 0 Å². The number of hydrogen-bond acceptors (Lipinski definition) is 3. The van der Waals surface area contributed by atoms with Crippen molar-refractivity contribution in [1.82, 2.24) is 14.5 Å². The van der Waals surface area contributed by atoms with Crippen LogP contribution in [0.1, 0.15) is 11.9 Å². The molecule has 6 nitrogen and oxygen atoms in total. The third-order valence-corrected chi connectivity index (χ3v) is 4.93. The molecule has 1 aromatic heterocycles. The monoisotopic (exact) mass is 370 g/mol. The fourth-order valence-corrected chi connectivity index (χ4v) is 3.55. The van der Waals surface area contributed by atoms with Crippen LogP contribution in [-0.4, -0.2) is 40.7 Å². The molecule has 0 saturated carbocycles. The lowest BCUT2D eigenvalue weighted by atomic mass is 10.1. The van der Waals surface area contributed by atoms with Gasteiger partial charge in [0.2, 0.25) is 0 Å². The molecule has 7 heteroatoms. The van der Waals surface area contributed by atoms with Gasteiger partial charge >= 0.3 is 6.03 Å². The number of imidazole rings is 1. The molecule has 2 amide bonds. The van der Waals surface area contributed by atoms with E-state index in [1.54, 1.807) is 30.2 Å². The second-order valence-corrected chi connectivity index (χ2v) is 6.79. The molecule has 26 heavy (non-hydrogen) atoms. The Bertz CT molecular complexity index is 979. The highest BCUT2D eigenvalue weighted by atomic mass is 35.5. The molecule has 4 rings (SSSR count). The summed E-state index contributed by atoms with van der Waals surface area (Å²) in [4.78, 5) is 18.9. The zero-order valence-corrected chi connectivity index (χ0v) is 15.3. The molecule has 1 saturated heterocycles. The Hall–Kier alpha value is -2.73. The first kappa shape index (κ1) is 16.7. The van der Waals surface area contributed by atoms with E-state index >= 15 is 0 Å². The van der Waals surface area contributed by atoms with Crippen LogP contribution in [-0.2, 0) is 0 Å². The number of aromatic nitrogens is 2. The molecule has 3 aromatic rings.